The van der Waals surface area contributed by atoms with E-state index in [2.05, 4.69) is 22.5 Å². The maximum Gasteiger partial charge on any atom is 0.245 e. The summed E-state index contributed by atoms with van der Waals surface area (Å²) in [6, 6.07) is 15.6. The van der Waals surface area contributed by atoms with Gasteiger partial charge in [0.1, 0.15) is 23.2 Å². The van der Waals surface area contributed by atoms with E-state index >= 15 is 0 Å². The Hall–Kier alpha value is -4.22. The Morgan fingerprint density at radius 1 is 1.24 bits per heavy atom. The van der Waals surface area contributed by atoms with Gasteiger partial charge in [0.25, 0.3) is 0 Å². The number of aryl methyl sites for hydroxylation is 1. The Balaban J connectivity index is 1.50. The van der Waals surface area contributed by atoms with E-state index in [4.69, 9.17) is 4.98 Å². The van der Waals surface area contributed by atoms with Crippen LogP contribution < -0.4 is 4.90 Å². The molecule has 2 aliphatic heterocycles. The third-order valence-electron chi connectivity index (χ3n) is 7.54. The number of nitrogens with zero attached hydrogens (tertiary/aromatic N) is 5. The third-order valence-corrected chi connectivity index (χ3v) is 8.51. The van der Waals surface area contributed by atoms with Crippen LogP contribution in [-0.2, 0) is 4.79 Å². The van der Waals surface area contributed by atoms with Crippen LogP contribution in [0, 0.1) is 23.7 Å². The van der Waals surface area contributed by atoms with E-state index in [0.29, 0.717) is 35.6 Å². The fourth-order valence-electron chi connectivity index (χ4n) is 5.69. The van der Waals surface area contributed by atoms with Gasteiger partial charge in [-0.3, -0.25) is 4.79 Å². The second kappa shape index (κ2) is 8.71. The van der Waals surface area contributed by atoms with Crippen molar-refractivity contribution in [2.75, 3.05) is 31.1 Å². The molecule has 184 valence electrons. The number of likely N-dealkylation sites (tertiary alicyclic amines) is 1. The van der Waals surface area contributed by atoms with Gasteiger partial charge >= 0.3 is 0 Å². The number of carbonyl (C=O) groups is 1. The summed E-state index contributed by atoms with van der Waals surface area (Å²) in [5.41, 5.74) is 6.32. The number of thiazole rings is 1. The van der Waals surface area contributed by atoms with Crippen molar-refractivity contribution < 1.29 is 9.90 Å². The normalized spacial score (nSPS) is 16.1. The van der Waals surface area contributed by atoms with Gasteiger partial charge < -0.3 is 14.9 Å². The number of fused-ring (bicyclic) bond motifs is 1. The van der Waals surface area contributed by atoms with E-state index in [1.54, 1.807) is 23.5 Å². The van der Waals surface area contributed by atoms with E-state index in [-0.39, 0.29) is 17.1 Å². The van der Waals surface area contributed by atoms with Gasteiger partial charge in [-0.15, -0.1) is 11.3 Å². The van der Waals surface area contributed by atoms with Crippen molar-refractivity contribution in [1.82, 2.24) is 14.9 Å². The van der Waals surface area contributed by atoms with Gasteiger partial charge in [-0.1, -0.05) is 36.9 Å². The molecule has 2 aromatic heterocycles. The Kier molecular flexibility index (Phi) is 5.46. The largest absolute Gasteiger partial charge is 0.507 e. The number of amides is 1. The van der Waals surface area contributed by atoms with Crippen LogP contribution in [0.15, 0.2) is 60.6 Å². The van der Waals surface area contributed by atoms with E-state index in [0.717, 1.165) is 46.5 Å². The van der Waals surface area contributed by atoms with Gasteiger partial charge in [0.15, 0.2) is 0 Å². The van der Waals surface area contributed by atoms with Crippen LogP contribution in [0.1, 0.15) is 17.7 Å². The molecule has 0 atom stereocenters. The average molecular weight is 508 g/mol. The molecule has 0 bridgehead atoms. The van der Waals surface area contributed by atoms with Crippen LogP contribution in [0.25, 0.3) is 32.5 Å². The molecule has 4 aromatic rings. The summed E-state index contributed by atoms with van der Waals surface area (Å²) in [4.78, 5) is 26.5. The highest BCUT2D eigenvalue weighted by Crippen LogP contribution is 2.45. The molecule has 0 radical (unpaired) electrons. The van der Waals surface area contributed by atoms with Crippen molar-refractivity contribution in [3.63, 3.8) is 0 Å². The van der Waals surface area contributed by atoms with Crippen molar-refractivity contribution >= 4 is 34.0 Å². The minimum atomic E-state index is -0.0432. The summed E-state index contributed by atoms with van der Waals surface area (Å²) in [6.07, 6.45) is 2.28. The quantitative estimate of drug-likeness (QED) is 0.385. The lowest BCUT2D eigenvalue weighted by Crippen LogP contribution is -2.59. The zero-order valence-corrected chi connectivity index (χ0v) is 21.3. The number of carbonyl (C=O) groups excluding carboxylic acids is 1. The second-order valence-corrected chi connectivity index (χ2v) is 10.7. The first-order chi connectivity index (χ1) is 17.9. The highest BCUT2D eigenvalue weighted by Gasteiger charge is 2.49. The highest BCUT2D eigenvalue weighted by atomic mass is 32.1. The predicted octanol–water partition coefficient (Wildman–Crippen LogP) is 5.14. The lowest BCUT2D eigenvalue weighted by molar-refractivity contribution is -0.136. The second-order valence-electron chi connectivity index (χ2n) is 9.88. The first-order valence-corrected chi connectivity index (χ1v) is 13.0. The van der Waals surface area contributed by atoms with Crippen molar-refractivity contribution in [2.24, 2.45) is 5.41 Å². The topological polar surface area (TPSA) is 93.3 Å². The third kappa shape index (κ3) is 3.74. The summed E-state index contributed by atoms with van der Waals surface area (Å²) >= 11 is 1.59. The molecule has 0 aliphatic carbocycles. The number of hydrogen-bond donors (Lipinski definition) is 1. The number of para-hydroxylation sites is 1. The van der Waals surface area contributed by atoms with E-state index in [9.17, 15) is 15.2 Å². The lowest BCUT2D eigenvalue weighted by Gasteiger charge is -2.47. The average Bonchev–Trinajstić information content (AvgIpc) is 3.53. The molecule has 7 nitrogen and oxygen atoms in total. The van der Waals surface area contributed by atoms with Gasteiger partial charge in [-0.25, -0.2) is 9.97 Å². The van der Waals surface area contributed by atoms with Crippen molar-refractivity contribution in [2.45, 2.75) is 13.3 Å². The molecule has 1 amide bonds. The van der Waals surface area contributed by atoms with Crippen LogP contribution >= 0.6 is 11.3 Å². The summed E-state index contributed by atoms with van der Waals surface area (Å²) in [5.74, 6) is 0.699. The number of nitriles is 1. The molecule has 1 N–H and O–H groups in total. The maximum atomic E-state index is 12.0. The molecular formula is C29H25N5O2S. The molecule has 2 saturated heterocycles. The Labute approximate surface area is 218 Å². The predicted molar refractivity (Wildman–Crippen MR) is 145 cm³/mol. The molecule has 1 spiro atoms. The first-order valence-electron chi connectivity index (χ1n) is 12.2. The molecule has 2 aromatic carbocycles. The molecule has 8 heteroatoms. The minimum Gasteiger partial charge on any atom is -0.507 e. The zero-order valence-electron chi connectivity index (χ0n) is 20.4. The number of pyridine rings is 1. The molecule has 2 fully saturated rings. The minimum absolute atomic E-state index is 0.00131. The van der Waals surface area contributed by atoms with Crippen LogP contribution in [-0.4, -0.2) is 52.1 Å². The fourth-order valence-corrected chi connectivity index (χ4v) is 6.50. The van der Waals surface area contributed by atoms with Crippen molar-refractivity contribution in [3.05, 3.63) is 71.9 Å². The number of phenolic OH excluding ortho intramolecular Hbond substituents is 1. The standard InChI is InChI=1S/C29H25N5O2S/c1-3-25(36)34-15-29(16-34)10-11-33(14-29)28-22(13-30)26(21-6-4-5-7-24(21)35)20-9-8-19(12-23(20)32-28)27-18(2)31-17-37-27/h3-9,12,17,35H,1,10-11,14-16H2,2H3. The van der Waals surface area contributed by atoms with Gasteiger partial charge in [0.2, 0.25) is 5.91 Å². The summed E-state index contributed by atoms with van der Waals surface area (Å²) in [7, 11) is 0. The molecule has 0 saturated carbocycles. The summed E-state index contributed by atoms with van der Waals surface area (Å²) in [6.45, 7) is 8.42. The van der Waals surface area contributed by atoms with Crippen molar-refractivity contribution in [3.8, 4) is 33.4 Å². The Morgan fingerprint density at radius 2 is 2.05 bits per heavy atom. The van der Waals surface area contributed by atoms with Crippen LogP contribution in [0.3, 0.4) is 0 Å². The SMILES string of the molecule is C=CC(=O)N1CC2(CCN(c3nc4cc(-c5scnc5C)ccc4c(-c4ccccc4O)c3C#N)C2)C1. The van der Waals surface area contributed by atoms with Gasteiger partial charge in [0, 0.05) is 48.1 Å². The number of anilines is 1. The number of phenols is 1. The van der Waals surface area contributed by atoms with E-state index < -0.39 is 0 Å². The van der Waals surface area contributed by atoms with E-state index in [1.807, 2.05) is 47.7 Å². The van der Waals surface area contributed by atoms with Gasteiger partial charge in [0.05, 0.1) is 21.6 Å². The smallest absolute Gasteiger partial charge is 0.245 e. The number of hydrogen-bond acceptors (Lipinski definition) is 7. The lowest BCUT2D eigenvalue weighted by atomic mass is 9.79. The highest BCUT2D eigenvalue weighted by molar-refractivity contribution is 7.13. The molecule has 0 unspecified atom stereocenters. The molecule has 6 rings (SSSR count). The van der Waals surface area contributed by atoms with Gasteiger partial charge in [-0.05, 0) is 37.1 Å². The van der Waals surface area contributed by atoms with Crippen LogP contribution in [0.2, 0.25) is 0 Å². The molecule has 4 heterocycles. The Bertz CT molecular complexity index is 1610. The van der Waals surface area contributed by atoms with Crippen LogP contribution in [0.4, 0.5) is 5.82 Å². The first kappa shape index (κ1) is 23.2. The molecule has 2 aliphatic rings. The molecular weight excluding hydrogens is 482 g/mol. The fraction of sp³-hybridized carbons (Fsp3) is 0.241. The number of benzene rings is 2. The van der Waals surface area contributed by atoms with Crippen molar-refractivity contribution in [1.29, 1.82) is 5.26 Å². The number of rotatable bonds is 4. The maximum absolute atomic E-state index is 12.0. The van der Waals surface area contributed by atoms with E-state index in [1.165, 1.54) is 6.08 Å². The number of aromatic hydroxyl groups is 1. The number of aromatic nitrogens is 2. The monoisotopic (exact) mass is 507 g/mol. The summed E-state index contributed by atoms with van der Waals surface area (Å²) < 4.78 is 0. The molecule has 37 heavy (non-hydrogen) atoms. The Morgan fingerprint density at radius 3 is 2.76 bits per heavy atom. The van der Waals surface area contributed by atoms with Gasteiger partial charge in [-0.2, -0.15) is 5.26 Å². The van der Waals surface area contributed by atoms with Crippen LogP contribution in [0.5, 0.6) is 5.75 Å². The summed E-state index contributed by atoms with van der Waals surface area (Å²) in [5, 5.41) is 22.0. The zero-order chi connectivity index (χ0) is 25.7.